The molecule has 3 aromatic carbocycles. The number of ether oxygens (including phenoxy) is 2. The standard InChI is InChI=1S/C24H26N2O5S/c1-30-20-10-8-19(9-11-20)24(18-6-4-3-5-7-18)26-23(27)16-17-25-32(28,29)22-14-12-21(31-2)13-15-22/h3-15,24-25H,16-17H2,1-2H3,(H,26,27). The van der Waals surface area contributed by atoms with Crippen LogP contribution in [-0.2, 0) is 14.8 Å². The summed E-state index contributed by atoms with van der Waals surface area (Å²) in [7, 11) is -0.616. The minimum atomic E-state index is -3.72. The van der Waals surface area contributed by atoms with Gasteiger partial charge >= 0.3 is 0 Å². The Morgan fingerprint density at radius 2 is 1.34 bits per heavy atom. The van der Waals surface area contributed by atoms with E-state index in [4.69, 9.17) is 9.47 Å². The Balaban J connectivity index is 1.64. The van der Waals surface area contributed by atoms with Gasteiger partial charge in [-0.15, -0.1) is 0 Å². The van der Waals surface area contributed by atoms with Crippen LogP contribution in [0.15, 0.2) is 83.8 Å². The third-order valence-electron chi connectivity index (χ3n) is 4.90. The first-order chi connectivity index (χ1) is 15.4. The molecular formula is C24H26N2O5S. The third-order valence-corrected chi connectivity index (χ3v) is 6.38. The summed E-state index contributed by atoms with van der Waals surface area (Å²) >= 11 is 0. The lowest BCUT2D eigenvalue weighted by atomic mass is 9.98. The molecule has 0 saturated carbocycles. The van der Waals surface area contributed by atoms with Gasteiger partial charge in [-0.25, -0.2) is 13.1 Å². The van der Waals surface area contributed by atoms with E-state index in [1.165, 1.54) is 19.2 Å². The van der Waals surface area contributed by atoms with Crippen LogP contribution in [0.1, 0.15) is 23.6 Å². The molecule has 0 radical (unpaired) electrons. The number of amides is 1. The first kappa shape index (κ1) is 23.3. The summed E-state index contributed by atoms with van der Waals surface area (Å²) in [4.78, 5) is 12.8. The lowest BCUT2D eigenvalue weighted by molar-refractivity contribution is -0.121. The smallest absolute Gasteiger partial charge is 0.240 e. The molecule has 3 aromatic rings. The number of nitrogens with one attached hydrogen (secondary N) is 2. The van der Waals surface area contributed by atoms with Crippen molar-refractivity contribution < 1.29 is 22.7 Å². The monoisotopic (exact) mass is 454 g/mol. The van der Waals surface area contributed by atoms with Crippen LogP contribution in [0, 0.1) is 0 Å². The molecule has 0 aliphatic heterocycles. The van der Waals surface area contributed by atoms with E-state index in [1.807, 2.05) is 54.6 Å². The normalized spacial score (nSPS) is 12.1. The summed E-state index contributed by atoms with van der Waals surface area (Å²) in [5.41, 5.74) is 1.81. The molecule has 1 amide bonds. The molecule has 0 heterocycles. The third kappa shape index (κ3) is 6.09. The van der Waals surface area contributed by atoms with E-state index in [2.05, 4.69) is 10.0 Å². The first-order valence-corrected chi connectivity index (χ1v) is 11.5. The fraction of sp³-hybridized carbons (Fsp3) is 0.208. The van der Waals surface area contributed by atoms with Crippen molar-refractivity contribution in [2.75, 3.05) is 20.8 Å². The molecule has 0 saturated heterocycles. The molecule has 1 unspecified atom stereocenters. The number of rotatable bonds is 10. The molecular weight excluding hydrogens is 428 g/mol. The lowest BCUT2D eigenvalue weighted by Gasteiger charge is -2.20. The predicted octanol–water partition coefficient (Wildman–Crippen LogP) is 3.28. The molecule has 0 spiro atoms. The van der Waals surface area contributed by atoms with Gasteiger partial charge in [0.15, 0.2) is 0 Å². The summed E-state index contributed by atoms with van der Waals surface area (Å²) < 4.78 is 37.6. The molecule has 0 aliphatic carbocycles. The van der Waals surface area contributed by atoms with Gasteiger partial charge in [0.25, 0.3) is 0 Å². The van der Waals surface area contributed by atoms with Crippen molar-refractivity contribution in [3.05, 3.63) is 90.0 Å². The maximum Gasteiger partial charge on any atom is 0.240 e. The van der Waals surface area contributed by atoms with Crippen molar-refractivity contribution in [1.29, 1.82) is 0 Å². The van der Waals surface area contributed by atoms with Gasteiger partial charge in [0.1, 0.15) is 11.5 Å². The molecule has 2 N–H and O–H groups in total. The lowest BCUT2D eigenvalue weighted by Crippen LogP contribution is -2.33. The Bertz CT molecular complexity index is 1120. The van der Waals surface area contributed by atoms with Crippen molar-refractivity contribution in [2.24, 2.45) is 0 Å². The minimum absolute atomic E-state index is 0.00509. The van der Waals surface area contributed by atoms with E-state index in [-0.39, 0.29) is 29.8 Å². The Labute approximate surface area is 188 Å². The van der Waals surface area contributed by atoms with Crippen LogP contribution in [0.25, 0.3) is 0 Å². The van der Waals surface area contributed by atoms with Gasteiger partial charge < -0.3 is 14.8 Å². The second-order valence-electron chi connectivity index (χ2n) is 7.01. The van der Waals surface area contributed by atoms with Crippen LogP contribution in [0.4, 0.5) is 0 Å². The zero-order chi connectivity index (χ0) is 23.0. The molecule has 8 heteroatoms. The SMILES string of the molecule is COc1ccc(C(NC(=O)CCNS(=O)(=O)c2ccc(OC)cc2)c2ccccc2)cc1. The minimum Gasteiger partial charge on any atom is -0.497 e. The number of sulfonamides is 1. The van der Waals surface area contributed by atoms with E-state index in [0.717, 1.165) is 16.9 Å². The molecule has 1 atom stereocenters. The molecule has 0 aliphatic rings. The second kappa shape index (κ2) is 10.8. The largest absolute Gasteiger partial charge is 0.497 e. The topological polar surface area (TPSA) is 93.7 Å². The maximum absolute atomic E-state index is 12.6. The van der Waals surface area contributed by atoms with Gasteiger partial charge in [-0.3, -0.25) is 4.79 Å². The average molecular weight is 455 g/mol. The predicted molar refractivity (Wildman–Crippen MR) is 122 cm³/mol. The number of hydrogen-bond donors (Lipinski definition) is 2. The van der Waals surface area contributed by atoms with Gasteiger partial charge in [-0.05, 0) is 47.5 Å². The maximum atomic E-state index is 12.6. The van der Waals surface area contributed by atoms with Gasteiger partial charge in [0.05, 0.1) is 25.2 Å². The summed E-state index contributed by atoms with van der Waals surface area (Å²) in [6.45, 7) is -0.0235. The van der Waals surface area contributed by atoms with Crippen LogP contribution in [0.5, 0.6) is 11.5 Å². The number of benzene rings is 3. The number of carbonyl (C=O) groups excluding carboxylic acids is 1. The van der Waals surface area contributed by atoms with E-state index in [9.17, 15) is 13.2 Å². The van der Waals surface area contributed by atoms with E-state index in [0.29, 0.717) is 5.75 Å². The Morgan fingerprint density at radius 3 is 1.91 bits per heavy atom. The Hall–Kier alpha value is -3.36. The highest BCUT2D eigenvalue weighted by molar-refractivity contribution is 7.89. The highest BCUT2D eigenvalue weighted by Gasteiger charge is 2.18. The molecule has 0 fully saturated rings. The second-order valence-corrected chi connectivity index (χ2v) is 8.77. The van der Waals surface area contributed by atoms with E-state index < -0.39 is 10.0 Å². The van der Waals surface area contributed by atoms with Gasteiger partial charge in [0, 0.05) is 13.0 Å². The van der Waals surface area contributed by atoms with Gasteiger partial charge in [-0.2, -0.15) is 0 Å². The van der Waals surface area contributed by atoms with Crippen molar-refractivity contribution >= 4 is 15.9 Å². The Kier molecular flexibility index (Phi) is 7.86. The van der Waals surface area contributed by atoms with E-state index in [1.54, 1.807) is 19.2 Å². The zero-order valence-electron chi connectivity index (χ0n) is 17.9. The first-order valence-electron chi connectivity index (χ1n) is 10.0. The zero-order valence-corrected chi connectivity index (χ0v) is 18.8. The van der Waals surface area contributed by atoms with Gasteiger partial charge in [0.2, 0.25) is 15.9 Å². The molecule has 0 aromatic heterocycles. The molecule has 32 heavy (non-hydrogen) atoms. The Morgan fingerprint density at radius 1 is 0.812 bits per heavy atom. The van der Waals surface area contributed by atoms with Crippen molar-refractivity contribution in [1.82, 2.24) is 10.0 Å². The summed E-state index contributed by atoms with van der Waals surface area (Å²) in [6, 6.07) is 22.7. The van der Waals surface area contributed by atoms with Crippen LogP contribution in [-0.4, -0.2) is 35.1 Å². The summed E-state index contributed by atoms with van der Waals surface area (Å²) in [6.07, 6.45) is -0.00509. The molecule has 0 bridgehead atoms. The van der Waals surface area contributed by atoms with Gasteiger partial charge in [-0.1, -0.05) is 42.5 Å². The molecule has 168 valence electrons. The number of hydrogen-bond acceptors (Lipinski definition) is 5. The van der Waals surface area contributed by atoms with Crippen LogP contribution in [0.3, 0.4) is 0 Å². The van der Waals surface area contributed by atoms with Crippen molar-refractivity contribution in [3.63, 3.8) is 0 Å². The fourth-order valence-corrected chi connectivity index (χ4v) is 4.20. The number of methoxy groups -OCH3 is 2. The van der Waals surface area contributed by atoms with E-state index >= 15 is 0 Å². The fourth-order valence-electron chi connectivity index (χ4n) is 3.17. The molecule has 7 nitrogen and oxygen atoms in total. The highest BCUT2D eigenvalue weighted by atomic mass is 32.2. The van der Waals surface area contributed by atoms with Crippen LogP contribution in [0.2, 0.25) is 0 Å². The molecule has 3 rings (SSSR count). The van der Waals surface area contributed by atoms with Crippen molar-refractivity contribution in [3.8, 4) is 11.5 Å². The van der Waals surface area contributed by atoms with Crippen molar-refractivity contribution in [2.45, 2.75) is 17.4 Å². The summed E-state index contributed by atoms with van der Waals surface area (Å²) in [5.74, 6) is 1.01. The quantitative estimate of drug-likeness (QED) is 0.490. The van der Waals surface area contributed by atoms with Crippen LogP contribution < -0.4 is 19.5 Å². The number of carbonyl (C=O) groups is 1. The average Bonchev–Trinajstić information content (AvgIpc) is 2.83. The highest BCUT2D eigenvalue weighted by Crippen LogP contribution is 2.24. The summed E-state index contributed by atoms with van der Waals surface area (Å²) in [5, 5.41) is 3.00. The van der Waals surface area contributed by atoms with Crippen LogP contribution >= 0.6 is 0 Å².